The van der Waals surface area contributed by atoms with Crippen LogP contribution in [0.4, 0.5) is 11.4 Å². The number of hydrogen-bond donors (Lipinski definition) is 1. The van der Waals surface area contributed by atoms with Gasteiger partial charge in [0, 0.05) is 28.1 Å². The van der Waals surface area contributed by atoms with Gasteiger partial charge in [-0.1, -0.05) is 43.6 Å². The number of benzene rings is 2. The second kappa shape index (κ2) is 8.37. The van der Waals surface area contributed by atoms with Crippen LogP contribution >= 0.6 is 43.6 Å². The molecule has 0 aromatic heterocycles. The van der Waals surface area contributed by atoms with Crippen molar-refractivity contribution in [3.63, 3.8) is 0 Å². The molecule has 0 radical (unpaired) electrons. The fourth-order valence-corrected chi connectivity index (χ4v) is 3.87. The molecule has 1 atom stereocenters. The van der Waals surface area contributed by atoms with Crippen molar-refractivity contribution in [2.24, 2.45) is 4.99 Å². The molecule has 1 fully saturated rings. The lowest BCUT2D eigenvalue weighted by atomic mass is 10.2. The Bertz CT molecular complexity index is 854. The third-order valence-electron chi connectivity index (χ3n) is 3.72. The van der Waals surface area contributed by atoms with Crippen LogP contribution in [0, 0.1) is 0 Å². The maximum absolute atomic E-state index is 12.6. The Kier molecular flexibility index (Phi) is 6.16. The molecule has 8 heteroatoms. The van der Waals surface area contributed by atoms with Crippen molar-refractivity contribution in [1.29, 1.82) is 0 Å². The first kappa shape index (κ1) is 19.1. The van der Waals surface area contributed by atoms with E-state index in [4.69, 9.17) is 0 Å². The number of amides is 2. The van der Waals surface area contributed by atoms with E-state index in [1.54, 1.807) is 19.2 Å². The van der Waals surface area contributed by atoms with E-state index in [-0.39, 0.29) is 18.2 Å². The molecule has 2 aromatic carbocycles. The summed E-state index contributed by atoms with van der Waals surface area (Å²) in [5.74, 6) is -0.335. The SMILES string of the molecule is CN1C(=O)CC(C(=O)Nc2ccc(Br)cc2)SC1=Nc1ccc(Br)cc1. The second-order valence-corrected chi connectivity index (χ2v) is 8.63. The highest BCUT2D eigenvalue weighted by molar-refractivity contribution is 9.10. The summed E-state index contributed by atoms with van der Waals surface area (Å²) in [5.41, 5.74) is 1.42. The van der Waals surface area contributed by atoms with Crippen LogP contribution in [-0.2, 0) is 9.59 Å². The van der Waals surface area contributed by atoms with Gasteiger partial charge in [0.2, 0.25) is 11.8 Å². The zero-order valence-corrected chi connectivity index (χ0v) is 17.8. The van der Waals surface area contributed by atoms with Crippen LogP contribution in [0.25, 0.3) is 0 Å². The van der Waals surface area contributed by atoms with Gasteiger partial charge in [0.25, 0.3) is 0 Å². The van der Waals surface area contributed by atoms with Crippen LogP contribution in [-0.4, -0.2) is 34.2 Å². The number of halogens is 2. The van der Waals surface area contributed by atoms with Gasteiger partial charge in [-0.25, -0.2) is 4.99 Å². The monoisotopic (exact) mass is 495 g/mol. The molecule has 1 saturated heterocycles. The van der Waals surface area contributed by atoms with Gasteiger partial charge in [-0.3, -0.25) is 14.5 Å². The maximum Gasteiger partial charge on any atom is 0.238 e. The molecule has 2 amide bonds. The number of aliphatic imine (C=N–C) groups is 1. The van der Waals surface area contributed by atoms with Crippen molar-refractivity contribution >= 4 is 72.0 Å². The van der Waals surface area contributed by atoms with Gasteiger partial charge in [-0.2, -0.15) is 0 Å². The second-order valence-electron chi connectivity index (χ2n) is 5.63. The summed E-state index contributed by atoms with van der Waals surface area (Å²) in [4.78, 5) is 30.9. The average molecular weight is 497 g/mol. The van der Waals surface area contributed by atoms with Crippen molar-refractivity contribution in [2.75, 3.05) is 12.4 Å². The fraction of sp³-hybridized carbons (Fsp3) is 0.167. The normalized spacial score (nSPS) is 18.9. The van der Waals surface area contributed by atoms with E-state index in [2.05, 4.69) is 42.2 Å². The summed E-state index contributed by atoms with van der Waals surface area (Å²) in [7, 11) is 1.68. The Balaban J connectivity index is 1.76. The van der Waals surface area contributed by atoms with Gasteiger partial charge in [-0.15, -0.1) is 0 Å². The van der Waals surface area contributed by atoms with Crippen molar-refractivity contribution in [1.82, 2.24) is 4.90 Å². The van der Waals surface area contributed by atoms with Crippen LogP contribution < -0.4 is 5.32 Å². The van der Waals surface area contributed by atoms with Gasteiger partial charge in [0.15, 0.2) is 5.17 Å². The molecule has 0 bridgehead atoms. The molecule has 1 unspecified atom stereocenters. The molecule has 134 valence electrons. The van der Waals surface area contributed by atoms with E-state index in [1.807, 2.05) is 36.4 Å². The van der Waals surface area contributed by atoms with Crippen LogP contribution in [0.2, 0.25) is 0 Å². The molecule has 1 aliphatic rings. The summed E-state index contributed by atoms with van der Waals surface area (Å²) in [6.45, 7) is 0. The highest BCUT2D eigenvalue weighted by atomic mass is 79.9. The highest BCUT2D eigenvalue weighted by Gasteiger charge is 2.34. The molecule has 5 nitrogen and oxygen atoms in total. The number of hydrogen-bond acceptors (Lipinski definition) is 4. The van der Waals surface area contributed by atoms with E-state index < -0.39 is 5.25 Å². The van der Waals surface area contributed by atoms with E-state index in [0.29, 0.717) is 10.9 Å². The number of amidine groups is 1. The van der Waals surface area contributed by atoms with Crippen LogP contribution in [0.15, 0.2) is 62.5 Å². The van der Waals surface area contributed by atoms with E-state index in [0.717, 1.165) is 14.6 Å². The Morgan fingerprint density at radius 3 is 2.31 bits per heavy atom. The van der Waals surface area contributed by atoms with Crippen molar-refractivity contribution in [3.8, 4) is 0 Å². The lowest BCUT2D eigenvalue weighted by Crippen LogP contribution is -2.43. The summed E-state index contributed by atoms with van der Waals surface area (Å²) >= 11 is 8.04. The number of thioether (sulfide) groups is 1. The van der Waals surface area contributed by atoms with E-state index >= 15 is 0 Å². The lowest BCUT2D eigenvalue weighted by molar-refractivity contribution is -0.128. The Hall–Kier alpha value is -1.64. The van der Waals surface area contributed by atoms with E-state index in [9.17, 15) is 9.59 Å². The Labute approximate surface area is 172 Å². The Morgan fingerprint density at radius 1 is 1.12 bits per heavy atom. The molecule has 26 heavy (non-hydrogen) atoms. The van der Waals surface area contributed by atoms with Crippen LogP contribution in [0.5, 0.6) is 0 Å². The van der Waals surface area contributed by atoms with Crippen molar-refractivity contribution < 1.29 is 9.59 Å². The predicted molar refractivity (Wildman–Crippen MR) is 113 cm³/mol. The smallest absolute Gasteiger partial charge is 0.238 e. The van der Waals surface area contributed by atoms with Crippen molar-refractivity contribution in [3.05, 3.63) is 57.5 Å². The largest absolute Gasteiger partial charge is 0.325 e. The molecule has 2 aromatic rings. The lowest BCUT2D eigenvalue weighted by Gasteiger charge is -2.28. The number of carbonyl (C=O) groups excluding carboxylic acids is 2. The topological polar surface area (TPSA) is 61.8 Å². The molecule has 0 saturated carbocycles. The zero-order valence-electron chi connectivity index (χ0n) is 13.8. The van der Waals surface area contributed by atoms with Gasteiger partial charge in [-0.05, 0) is 48.5 Å². The summed E-state index contributed by atoms with van der Waals surface area (Å²) in [6, 6.07) is 14.8. The minimum Gasteiger partial charge on any atom is -0.325 e. The molecular weight excluding hydrogens is 482 g/mol. The predicted octanol–water partition coefficient (Wildman–Crippen LogP) is 4.80. The third-order valence-corrected chi connectivity index (χ3v) is 6.02. The average Bonchev–Trinajstić information content (AvgIpc) is 2.62. The van der Waals surface area contributed by atoms with Crippen LogP contribution in [0.3, 0.4) is 0 Å². The van der Waals surface area contributed by atoms with Gasteiger partial charge in [0.05, 0.1) is 5.69 Å². The van der Waals surface area contributed by atoms with Gasteiger partial charge >= 0.3 is 0 Å². The van der Waals surface area contributed by atoms with Gasteiger partial charge < -0.3 is 5.32 Å². The first-order valence-electron chi connectivity index (χ1n) is 7.76. The quantitative estimate of drug-likeness (QED) is 0.663. The molecule has 1 aliphatic heterocycles. The molecule has 0 aliphatic carbocycles. The first-order valence-corrected chi connectivity index (χ1v) is 10.2. The standard InChI is InChI=1S/C18H15Br2N3O2S/c1-23-16(24)10-15(17(25)21-13-6-2-11(19)3-7-13)26-18(23)22-14-8-4-12(20)5-9-14/h2-9,15H,10H2,1H3,(H,21,25). The maximum atomic E-state index is 12.6. The number of nitrogens with one attached hydrogen (secondary N) is 1. The minimum absolute atomic E-state index is 0.129. The fourth-order valence-electron chi connectivity index (χ4n) is 2.28. The third kappa shape index (κ3) is 4.75. The number of nitrogens with zero attached hydrogens (tertiary/aromatic N) is 2. The summed E-state index contributed by atoms with van der Waals surface area (Å²) in [5, 5.41) is 2.85. The van der Waals surface area contributed by atoms with Crippen LogP contribution in [0.1, 0.15) is 6.42 Å². The molecular formula is C18H15Br2N3O2S. The summed E-state index contributed by atoms with van der Waals surface area (Å²) in [6.07, 6.45) is 0.142. The Morgan fingerprint density at radius 2 is 1.69 bits per heavy atom. The number of anilines is 1. The molecule has 1 N–H and O–H groups in total. The van der Waals surface area contributed by atoms with Crippen molar-refractivity contribution in [2.45, 2.75) is 11.7 Å². The molecule has 3 rings (SSSR count). The summed E-state index contributed by atoms with van der Waals surface area (Å²) < 4.78 is 1.89. The number of rotatable bonds is 3. The number of carbonyl (C=O) groups is 2. The zero-order chi connectivity index (χ0) is 18.7. The van der Waals surface area contributed by atoms with E-state index in [1.165, 1.54) is 16.7 Å². The highest BCUT2D eigenvalue weighted by Crippen LogP contribution is 2.29. The molecule has 1 heterocycles. The molecule has 0 spiro atoms. The van der Waals surface area contributed by atoms with Gasteiger partial charge in [0.1, 0.15) is 5.25 Å². The first-order chi connectivity index (χ1) is 12.4. The minimum atomic E-state index is -0.517.